The maximum Gasteiger partial charge on any atom is 0.254 e. The molecule has 1 aliphatic heterocycles. The molecule has 1 aromatic carbocycles. The zero-order valence-corrected chi connectivity index (χ0v) is 14.3. The van der Waals surface area contributed by atoms with Gasteiger partial charge >= 0.3 is 0 Å². The van der Waals surface area contributed by atoms with E-state index in [1.54, 1.807) is 26.0 Å². The number of nitrogens with zero attached hydrogens (tertiary/aromatic N) is 1. The topological polar surface area (TPSA) is 89.9 Å². The third-order valence-electron chi connectivity index (χ3n) is 4.22. The predicted octanol–water partition coefficient (Wildman–Crippen LogP) is 0.713. The lowest BCUT2D eigenvalue weighted by Crippen LogP contribution is -2.57. The number of rotatable bonds is 6. The van der Waals surface area contributed by atoms with Gasteiger partial charge in [0.05, 0.1) is 5.60 Å². The van der Waals surface area contributed by atoms with Crippen LogP contribution in [0.1, 0.15) is 42.6 Å². The van der Waals surface area contributed by atoms with Crippen molar-refractivity contribution in [2.24, 2.45) is 0 Å². The molecule has 6 nitrogen and oxygen atoms in total. The van der Waals surface area contributed by atoms with E-state index in [1.165, 1.54) is 4.90 Å². The molecular weight excluding hydrogens is 308 g/mol. The normalized spacial score (nSPS) is 18.4. The number of hydrogen-bond donors (Lipinski definition) is 3. The second kappa shape index (κ2) is 7.77. The zero-order chi connectivity index (χ0) is 17.7. The van der Waals surface area contributed by atoms with E-state index in [2.05, 4.69) is 5.32 Å². The maximum absolute atomic E-state index is 12.7. The first-order valence-corrected chi connectivity index (χ1v) is 8.33. The highest BCUT2D eigenvalue weighted by atomic mass is 16.3. The maximum atomic E-state index is 12.7. The lowest BCUT2D eigenvalue weighted by Gasteiger charge is -2.34. The van der Waals surface area contributed by atoms with Gasteiger partial charge < -0.3 is 20.4 Å². The molecule has 1 aromatic rings. The second-order valence-corrected chi connectivity index (χ2v) is 6.83. The molecule has 0 spiro atoms. The van der Waals surface area contributed by atoms with Gasteiger partial charge in [-0.15, -0.1) is 0 Å². The molecule has 0 bridgehead atoms. The fourth-order valence-electron chi connectivity index (χ4n) is 2.80. The number of nitrogens with one attached hydrogen (secondary N) is 1. The Kier molecular flexibility index (Phi) is 5.96. The molecule has 0 aromatic heterocycles. The molecule has 0 aliphatic carbocycles. The monoisotopic (exact) mass is 334 g/mol. The fourth-order valence-corrected chi connectivity index (χ4v) is 2.80. The van der Waals surface area contributed by atoms with E-state index in [1.807, 2.05) is 12.1 Å². The molecule has 24 heavy (non-hydrogen) atoms. The van der Waals surface area contributed by atoms with Crippen LogP contribution in [0, 0.1) is 0 Å². The lowest BCUT2D eigenvalue weighted by molar-refractivity contribution is -0.128. The summed E-state index contributed by atoms with van der Waals surface area (Å²) in [6, 6.07) is 6.65. The Hall–Kier alpha value is -1.92. The van der Waals surface area contributed by atoms with Crippen LogP contribution >= 0.6 is 0 Å². The Morgan fingerprint density at radius 2 is 2.00 bits per heavy atom. The molecule has 1 saturated heterocycles. The van der Waals surface area contributed by atoms with Crippen LogP contribution in [0.3, 0.4) is 0 Å². The number of benzene rings is 1. The summed E-state index contributed by atoms with van der Waals surface area (Å²) in [6.07, 6.45) is 1.61. The van der Waals surface area contributed by atoms with Crippen molar-refractivity contribution in [1.29, 1.82) is 0 Å². The van der Waals surface area contributed by atoms with Crippen molar-refractivity contribution in [2.75, 3.05) is 19.7 Å². The van der Waals surface area contributed by atoms with E-state index in [9.17, 15) is 14.7 Å². The highest BCUT2D eigenvalue weighted by Gasteiger charge is 2.32. The number of hydrogen-bond acceptors (Lipinski definition) is 4. The number of aliphatic hydroxyl groups is 2. The van der Waals surface area contributed by atoms with Crippen LogP contribution in [0.5, 0.6) is 0 Å². The number of piperazine rings is 1. The number of aryl methyl sites for hydroxylation is 1. The molecule has 1 fully saturated rings. The molecule has 2 rings (SSSR count). The standard InChI is InChI=1S/C18H26N2O4/c1-18(2,24)9-7-13-3-5-14(6-4-13)17(23)20-11-10-19-16(22)15(20)8-12-21/h3-6,15,21,24H,7-12H2,1-2H3,(H,19,22)/t15-/m1/s1. The molecule has 1 heterocycles. The summed E-state index contributed by atoms with van der Waals surface area (Å²) in [5.41, 5.74) is 0.865. The van der Waals surface area contributed by atoms with E-state index in [0.29, 0.717) is 25.1 Å². The average molecular weight is 334 g/mol. The second-order valence-electron chi connectivity index (χ2n) is 6.83. The third-order valence-corrected chi connectivity index (χ3v) is 4.22. The van der Waals surface area contributed by atoms with Gasteiger partial charge in [0.2, 0.25) is 5.91 Å². The minimum atomic E-state index is -0.715. The number of amides is 2. The fraction of sp³-hybridized carbons (Fsp3) is 0.556. The highest BCUT2D eigenvalue weighted by molar-refractivity contribution is 5.98. The molecule has 132 valence electrons. The molecule has 3 N–H and O–H groups in total. The number of carbonyl (C=O) groups is 2. The largest absolute Gasteiger partial charge is 0.396 e. The van der Waals surface area contributed by atoms with E-state index >= 15 is 0 Å². The predicted molar refractivity (Wildman–Crippen MR) is 90.6 cm³/mol. The minimum absolute atomic E-state index is 0.141. The lowest BCUT2D eigenvalue weighted by atomic mass is 9.98. The summed E-state index contributed by atoms with van der Waals surface area (Å²) in [5.74, 6) is -0.414. The van der Waals surface area contributed by atoms with Crippen molar-refractivity contribution < 1.29 is 19.8 Å². The average Bonchev–Trinajstić information content (AvgIpc) is 2.54. The van der Waals surface area contributed by atoms with Gasteiger partial charge in [-0.1, -0.05) is 12.1 Å². The van der Waals surface area contributed by atoms with Gasteiger partial charge in [-0.3, -0.25) is 9.59 Å². The van der Waals surface area contributed by atoms with Crippen LogP contribution in [0.15, 0.2) is 24.3 Å². The van der Waals surface area contributed by atoms with Crippen molar-refractivity contribution in [3.05, 3.63) is 35.4 Å². The number of aliphatic hydroxyl groups excluding tert-OH is 1. The molecule has 1 aliphatic rings. The quantitative estimate of drug-likeness (QED) is 0.715. The SMILES string of the molecule is CC(C)(O)CCc1ccc(C(=O)N2CCNC(=O)[C@H]2CCO)cc1. The van der Waals surface area contributed by atoms with Crippen molar-refractivity contribution in [2.45, 2.75) is 44.8 Å². The Balaban J connectivity index is 2.07. The smallest absolute Gasteiger partial charge is 0.254 e. The summed E-state index contributed by atoms with van der Waals surface area (Å²) in [5, 5.41) is 21.6. The first-order valence-electron chi connectivity index (χ1n) is 8.33. The summed E-state index contributed by atoms with van der Waals surface area (Å²) < 4.78 is 0. The van der Waals surface area contributed by atoms with Crippen LogP contribution < -0.4 is 5.32 Å². The third kappa shape index (κ3) is 4.79. The van der Waals surface area contributed by atoms with Gasteiger partial charge in [0.25, 0.3) is 5.91 Å². The first kappa shape index (κ1) is 18.4. The molecule has 2 amide bonds. The van der Waals surface area contributed by atoms with Gasteiger partial charge in [0.1, 0.15) is 6.04 Å². The molecule has 0 saturated carbocycles. The van der Waals surface area contributed by atoms with Crippen LogP contribution in [0.4, 0.5) is 0 Å². The Morgan fingerprint density at radius 3 is 2.58 bits per heavy atom. The summed E-state index contributed by atoms with van der Waals surface area (Å²) in [7, 11) is 0. The van der Waals surface area contributed by atoms with E-state index in [4.69, 9.17) is 5.11 Å². The zero-order valence-electron chi connectivity index (χ0n) is 14.3. The van der Waals surface area contributed by atoms with Gasteiger partial charge in [0.15, 0.2) is 0 Å². The van der Waals surface area contributed by atoms with Gasteiger partial charge in [-0.25, -0.2) is 0 Å². The van der Waals surface area contributed by atoms with Crippen LogP contribution in [-0.4, -0.2) is 58.3 Å². The first-order chi connectivity index (χ1) is 11.3. The molecular formula is C18H26N2O4. The molecule has 0 radical (unpaired) electrons. The molecule has 6 heteroatoms. The van der Waals surface area contributed by atoms with Crippen LogP contribution in [0.25, 0.3) is 0 Å². The summed E-state index contributed by atoms with van der Waals surface area (Å²) >= 11 is 0. The van der Waals surface area contributed by atoms with Crippen LogP contribution in [-0.2, 0) is 11.2 Å². The van der Waals surface area contributed by atoms with Gasteiger partial charge in [-0.2, -0.15) is 0 Å². The summed E-state index contributed by atoms with van der Waals surface area (Å²) in [6.45, 7) is 4.27. The number of carbonyl (C=O) groups excluding carboxylic acids is 2. The molecule has 1 atom stereocenters. The van der Waals surface area contributed by atoms with E-state index < -0.39 is 11.6 Å². The van der Waals surface area contributed by atoms with Crippen molar-refractivity contribution in [1.82, 2.24) is 10.2 Å². The summed E-state index contributed by atoms with van der Waals surface area (Å²) in [4.78, 5) is 26.1. The van der Waals surface area contributed by atoms with E-state index in [-0.39, 0.29) is 24.8 Å². The Labute approximate surface area is 142 Å². The Bertz CT molecular complexity index is 578. The van der Waals surface area contributed by atoms with Gasteiger partial charge in [0, 0.05) is 25.3 Å². The van der Waals surface area contributed by atoms with Gasteiger partial charge in [-0.05, 0) is 50.8 Å². The van der Waals surface area contributed by atoms with Crippen molar-refractivity contribution in [3.63, 3.8) is 0 Å². The van der Waals surface area contributed by atoms with Crippen molar-refractivity contribution >= 4 is 11.8 Å². The Morgan fingerprint density at radius 1 is 1.33 bits per heavy atom. The van der Waals surface area contributed by atoms with E-state index in [0.717, 1.165) is 12.0 Å². The van der Waals surface area contributed by atoms with Crippen molar-refractivity contribution in [3.8, 4) is 0 Å². The minimum Gasteiger partial charge on any atom is -0.396 e. The van der Waals surface area contributed by atoms with Crippen LogP contribution in [0.2, 0.25) is 0 Å². The molecule has 0 unspecified atom stereocenters. The highest BCUT2D eigenvalue weighted by Crippen LogP contribution is 2.17.